The van der Waals surface area contributed by atoms with E-state index in [1.54, 1.807) is 63.4 Å². The van der Waals surface area contributed by atoms with Gasteiger partial charge in [0, 0.05) is 48.3 Å². The lowest BCUT2D eigenvalue weighted by molar-refractivity contribution is -0.136. The third kappa shape index (κ3) is 5.85. The number of nitrogens with one attached hydrogen (secondary N) is 3. The third-order valence-corrected chi connectivity index (χ3v) is 8.60. The first-order chi connectivity index (χ1) is 19.6. The molecule has 3 aromatic heterocycles. The summed E-state index contributed by atoms with van der Waals surface area (Å²) in [5, 5.41) is 6.15. The number of methoxy groups -OCH3 is 2. The zero-order valence-corrected chi connectivity index (χ0v) is 23.3. The summed E-state index contributed by atoms with van der Waals surface area (Å²) in [6.07, 6.45) is 1.31. The minimum Gasteiger partial charge on any atom is -0.497 e. The van der Waals surface area contributed by atoms with E-state index >= 15 is 0 Å². The first-order valence-corrected chi connectivity index (χ1v) is 14.4. The molecule has 1 aromatic carbocycles. The molecule has 14 heteroatoms. The van der Waals surface area contributed by atoms with Crippen molar-refractivity contribution in [3.63, 3.8) is 0 Å². The lowest BCUT2D eigenvalue weighted by Gasteiger charge is -2.23. The van der Waals surface area contributed by atoms with Crippen LogP contribution in [0, 0.1) is 0 Å². The van der Waals surface area contributed by atoms with E-state index < -0.39 is 18.9 Å². The molecule has 3 N–H and O–H groups in total. The van der Waals surface area contributed by atoms with Crippen LogP contribution in [-0.2, 0) is 17.3 Å². The lowest BCUT2D eigenvalue weighted by atomic mass is 10.2. The Labute approximate surface area is 233 Å². The van der Waals surface area contributed by atoms with E-state index in [1.165, 1.54) is 6.20 Å². The number of ether oxygens (including phenoxy) is 2. The topological polar surface area (TPSA) is 117 Å². The van der Waals surface area contributed by atoms with Crippen LogP contribution in [-0.4, -0.2) is 45.6 Å². The molecule has 10 nitrogen and oxygen atoms in total. The summed E-state index contributed by atoms with van der Waals surface area (Å²) in [5.41, 5.74) is 0.113. The van der Waals surface area contributed by atoms with Crippen molar-refractivity contribution in [2.75, 3.05) is 31.4 Å². The Bertz CT molecular complexity index is 1650. The average molecular weight is 586 g/mol. The number of rotatable bonds is 9. The van der Waals surface area contributed by atoms with E-state index in [4.69, 9.17) is 9.47 Å². The number of H-pyrrole nitrogens is 1. The maximum atomic E-state index is 13.6. The molecule has 214 valence electrons. The highest BCUT2D eigenvalue weighted by Crippen LogP contribution is 2.50. The van der Waals surface area contributed by atoms with Crippen LogP contribution in [0.2, 0.25) is 0 Å². The second-order valence-electron chi connectivity index (χ2n) is 9.03. The normalized spacial score (nSPS) is 14.3. The number of hydrogen-bond donors (Lipinski definition) is 3. The molecule has 1 aliphatic heterocycles. The lowest BCUT2D eigenvalue weighted by Crippen LogP contribution is -2.14. The Kier molecular flexibility index (Phi) is 7.63. The van der Waals surface area contributed by atoms with Crippen molar-refractivity contribution in [1.82, 2.24) is 24.8 Å². The summed E-state index contributed by atoms with van der Waals surface area (Å²) < 4.78 is 64.7. The number of anilines is 3. The highest BCUT2D eigenvalue weighted by atomic mass is 31.2. The second-order valence-corrected chi connectivity index (χ2v) is 11.6. The SMILES string of the molecule is CCNc1nc(Nc2ccc(P3(=O)C=CN(Cc4ccc(OC)cc4OC)C=C3)cn2)nc2[nH]cc(C(F)(F)F)c12. The van der Waals surface area contributed by atoms with Crippen LogP contribution in [0.5, 0.6) is 11.5 Å². The van der Waals surface area contributed by atoms with Gasteiger partial charge in [-0.3, -0.25) is 0 Å². The zero-order valence-electron chi connectivity index (χ0n) is 22.4. The summed E-state index contributed by atoms with van der Waals surface area (Å²) in [5.74, 6) is 5.11. The summed E-state index contributed by atoms with van der Waals surface area (Å²) in [7, 11) is 0.181. The number of fused-ring (bicyclic) bond motifs is 1. The van der Waals surface area contributed by atoms with E-state index in [9.17, 15) is 17.7 Å². The largest absolute Gasteiger partial charge is 0.497 e. The highest BCUT2D eigenvalue weighted by Gasteiger charge is 2.35. The molecule has 0 fully saturated rings. The molecule has 0 saturated heterocycles. The van der Waals surface area contributed by atoms with Gasteiger partial charge < -0.3 is 34.6 Å². The van der Waals surface area contributed by atoms with Crippen LogP contribution in [0.25, 0.3) is 11.0 Å². The maximum Gasteiger partial charge on any atom is 0.418 e. The summed E-state index contributed by atoms with van der Waals surface area (Å²) in [6, 6.07) is 8.86. The van der Waals surface area contributed by atoms with Gasteiger partial charge in [-0.25, -0.2) is 4.98 Å². The highest BCUT2D eigenvalue weighted by molar-refractivity contribution is 7.77. The molecule has 0 aliphatic carbocycles. The summed E-state index contributed by atoms with van der Waals surface area (Å²) >= 11 is 0. The van der Waals surface area contributed by atoms with Crippen LogP contribution < -0.4 is 25.4 Å². The molecule has 0 spiro atoms. The van der Waals surface area contributed by atoms with E-state index in [2.05, 4.69) is 30.6 Å². The number of alkyl halides is 3. The van der Waals surface area contributed by atoms with E-state index in [0.29, 0.717) is 35.7 Å². The molecule has 41 heavy (non-hydrogen) atoms. The fourth-order valence-electron chi connectivity index (χ4n) is 4.31. The minimum absolute atomic E-state index is 0.0288. The predicted octanol–water partition coefficient (Wildman–Crippen LogP) is 6.01. The van der Waals surface area contributed by atoms with Gasteiger partial charge in [-0.2, -0.15) is 23.1 Å². The van der Waals surface area contributed by atoms with Gasteiger partial charge in [-0.05, 0) is 42.8 Å². The number of hydrogen-bond acceptors (Lipinski definition) is 9. The van der Waals surface area contributed by atoms with Gasteiger partial charge >= 0.3 is 6.18 Å². The number of benzene rings is 1. The van der Waals surface area contributed by atoms with Crippen molar-refractivity contribution in [2.24, 2.45) is 0 Å². The van der Waals surface area contributed by atoms with Crippen molar-refractivity contribution in [3.05, 3.63) is 77.9 Å². The fraction of sp³-hybridized carbons (Fsp3) is 0.222. The average Bonchev–Trinajstić information content (AvgIpc) is 3.40. The Morgan fingerprint density at radius 1 is 1.07 bits per heavy atom. The molecular weight excluding hydrogens is 558 g/mol. The maximum absolute atomic E-state index is 13.6. The van der Waals surface area contributed by atoms with Crippen LogP contribution >= 0.6 is 7.14 Å². The first-order valence-electron chi connectivity index (χ1n) is 12.5. The Balaban J connectivity index is 1.31. The molecule has 0 saturated carbocycles. The number of aromatic nitrogens is 4. The minimum atomic E-state index is -4.56. The van der Waals surface area contributed by atoms with Crippen LogP contribution in [0.4, 0.5) is 30.8 Å². The molecule has 0 bridgehead atoms. The standard InChI is InChI=1S/C27H27F3N7O3P/c1-4-31-24-23-20(27(28,29)30)15-33-25(23)36-26(35-24)34-22-8-7-19(14-32-22)41(38)11-9-37(10-12-41)16-17-5-6-18(39-2)13-21(17)40-3/h5-15H,4,16H2,1-3H3,(H3,31,32,33,34,35,36). The molecule has 0 radical (unpaired) electrons. The Hall–Kier alpha value is -4.51. The van der Waals surface area contributed by atoms with Crippen LogP contribution in [0.3, 0.4) is 0 Å². The Morgan fingerprint density at radius 2 is 1.85 bits per heavy atom. The van der Waals surface area contributed by atoms with Crippen molar-refractivity contribution in [3.8, 4) is 11.5 Å². The third-order valence-electron chi connectivity index (χ3n) is 6.38. The first kappa shape index (κ1) is 28.0. The fourth-order valence-corrected chi connectivity index (χ4v) is 6.04. The Morgan fingerprint density at radius 3 is 2.49 bits per heavy atom. The number of halogens is 3. The number of pyridine rings is 1. The van der Waals surface area contributed by atoms with Gasteiger partial charge in [0.25, 0.3) is 0 Å². The summed E-state index contributed by atoms with van der Waals surface area (Å²) in [6.45, 7) is 2.63. The predicted molar refractivity (Wildman–Crippen MR) is 151 cm³/mol. The van der Waals surface area contributed by atoms with Gasteiger partial charge in [0.05, 0.1) is 31.7 Å². The van der Waals surface area contributed by atoms with Crippen LogP contribution in [0.15, 0.2) is 66.8 Å². The van der Waals surface area contributed by atoms with E-state index in [1.807, 2.05) is 17.0 Å². The molecule has 1 aliphatic rings. The van der Waals surface area contributed by atoms with Gasteiger partial charge in [0.2, 0.25) is 5.95 Å². The molecule has 0 atom stereocenters. The number of nitrogens with zero attached hydrogens (tertiary/aromatic N) is 4. The molecule has 0 unspecified atom stereocenters. The van der Waals surface area contributed by atoms with Crippen LogP contribution in [0.1, 0.15) is 18.1 Å². The number of aromatic amines is 1. The molecular formula is C27H27F3N7O3P. The molecule has 4 heterocycles. The van der Waals surface area contributed by atoms with Gasteiger partial charge in [-0.15, -0.1) is 0 Å². The summed E-state index contributed by atoms with van der Waals surface area (Å²) in [4.78, 5) is 17.2. The van der Waals surface area contributed by atoms with Crippen molar-refractivity contribution < 1.29 is 27.2 Å². The molecule has 4 aromatic rings. The van der Waals surface area contributed by atoms with Gasteiger partial charge in [-0.1, -0.05) is 0 Å². The van der Waals surface area contributed by atoms with Crippen molar-refractivity contribution in [2.45, 2.75) is 19.6 Å². The van der Waals surface area contributed by atoms with Gasteiger partial charge in [0.1, 0.15) is 28.8 Å². The second kappa shape index (κ2) is 11.2. The zero-order chi connectivity index (χ0) is 29.2. The van der Waals surface area contributed by atoms with Gasteiger partial charge in [0.15, 0.2) is 7.14 Å². The van der Waals surface area contributed by atoms with Crippen molar-refractivity contribution in [1.29, 1.82) is 0 Å². The van der Waals surface area contributed by atoms with Crippen molar-refractivity contribution >= 4 is 41.1 Å². The quantitative estimate of drug-likeness (QED) is 0.203. The monoisotopic (exact) mass is 585 g/mol. The van der Waals surface area contributed by atoms with E-state index in [0.717, 1.165) is 11.8 Å². The smallest absolute Gasteiger partial charge is 0.418 e. The van der Waals surface area contributed by atoms with E-state index in [-0.39, 0.29) is 22.8 Å². The molecule has 5 rings (SSSR count). The molecule has 0 amide bonds.